The van der Waals surface area contributed by atoms with Crippen molar-refractivity contribution < 1.29 is 4.74 Å². The molecule has 3 nitrogen and oxygen atoms in total. The van der Waals surface area contributed by atoms with Gasteiger partial charge in [-0.25, -0.2) is 4.98 Å². The van der Waals surface area contributed by atoms with Crippen LogP contribution in [0.4, 0.5) is 0 Å². The van der Waals surface area contributed by atoms with Gasteiger partial charge in [0.2, 0.25) is 0 Å². The van der Waals surface area contributed by atoms with Crippen molar-refractivity contribution >= 4 is 11.3 Å². The molecule has 1 aliphatic rings. The molecule has 1 aromatic heterocycles. The van der Waals surface area contributed by atoms with E-state index in [2.05, 4.69) is 24.1 Å². The van der Waals surface area contributed by atoms with Crippen molar-refractivity contribution in [1.29, 1.82) is 0 Å². The molecule has 90 valence electrons. The van der Waals surface area contributed by atoms with Crippen molar-refractivity contribution in [2.45, 2.75) is 44.8 Å². The van der Waals surface area contributed by atoms with E-state index >= 15 is 0 Å². The van der Waals surface area contributed by atoms with Crippen LogP contribution in [0.15, 0.2) is 5.51 Å². The SMILES string of the molecule is COC1(CNC(C)c2scnc2C)CCC1. The molecule has 1 aliphatic carbocycles. The van der Waals surface area contributed by atoms with Gasteiger partial charge in [0.1, 0.15) is 0 Å². The number of nitrogens with zero attached hydrogens (tertiary/aromatic N) is 1. The Hall–Kier alpha value is -0.450. The van der Waals surface area contributed by atoms with Crippen molar-refractivity contribution in [1.82, 2.24) is 10.3 Å². The van der Waals surface area contributed by atoms with Gasteiger partial charge in [0.15, 0.2) is 0 Å². The Kier molecular flexibility index (Phi) is 3.62. The molecule has 0 aliphatic heterocycles. The van der Waals surface area contributed by atoms with E-state index in [0.29, 0.717) is 6.04 Å². The number of thiazole rings is 1. The second-order valence-corrected chi connectivity index (χ2v) is 5.53. The van der Waals surface area contributed by atoms with E-state index in [-0.39, 0.29) is 5.60 Å². The number of aromatic nitrogens is 1. The average molecular weight is 240 g/mol. The first kappa shape index (κ1) is 12.0. The lowest BCUT2D eigenvalue weighted by Gasteiger charge is -2.41. The zero-order chi connectivity index (χ0) is 11.6. The first-order valence-corrected chi connectivity index (χ1v) is 6.73. The molecule has 1 saturated carbocycles. The highest BCUT2D eigenvalue weighted by atomic mass is 32.1. The molecule has 1 unspecified atom stereocenters. The summed E-state index contributed by atoms with van der Waals surface area (Å²) < 4.78 is 5.60. The fourth-order valence-corrected chi connectivity index (χ4v) is 3.02. The second-order valence-electron chi connectivity index (χ2n) is 4.65. The highest BCUT2D eigenvalue weighted by Crippen LogP contribution is 2.35. The summed E-state index contributed by atoms with van der Waals surface area (Å²) in [5, 5.41) is 3.56. The van der Waals surface area contributed by atoms with Gasteiger partial charge < -0.3 is 10.1 Å². The van der Waals surface area contributed by atoms with E-state index in [1.54, 1.807) is 11.3 Å². The normalized spacial score (nSPS) is 20.4. The second kappa shape index (κ2) is 4.82. The predicted octanol–water partition coefficient (Wildman–Crippen LogP) is 2.67. The Balaban J connectivity index is 1.88. The first-order valence-electron chi connectivity index (χ1n) is 5.85. The molecule has 0 amide bonds. The van der Waals surface area contributed by atoms with Gasteiger partial charge >= 0.3 is 0 Å². The molecule has 1 fully saturated rings. The summed E-state index contributed by atoms with van der Waals surface area (Å²) in [6, 6.07) is 0.375. The number of hydrogen-bond acceptors (Lipinski definition) is 4. The maximum atomic E-state index is 5.60. The largest absolute Gasteiger partial charge is 0.377 e. The summed E-state index contributed by atoms with van der Waals surface area (Å²) in [5.41, 5.74) is 3.16. The molecule has 0 aromatic carbocycles. The number of nitrogens with one attached hydrogen (secondary N) is 1. The lowest BCUT2D eigenvalue weighted by atomic mass is 9.80. The van der Waals surface area contributed by atoms with Crippen LogP contribution in [0.2, 0.25) is 0 Å². The van der Waals surface area contributed by atoms with Crippen LogP contribution in [0, 0.1) is 6.92 Å². The topological polar surface area (TPSA) is 34.1 Å². The number of aryl methyl sites for hydroxylation is 1. The van der Waals surface area contributed by atoms with Gasteiger partial charge in [-0.2, -0.15) is 0 Å². The molecule has 0 radical (unpaired) electrons. The van der Waals surface area contributed by atoms with Crippen LogP contribution in [0.1, 0.15) is 42.8 Å². The van der Waals surface area contributed by atoms with E-state index in [1.165, 1.54) is 24.1 Å². The summed E-state index contributed by atoms with van der Waals surface area (Å²) in [6.07, 6.45) is 3.67. The first-order chi connectivity index (χ1) is 7.67. The molecule has 2 rings (SSSR count). The third-order valence-electron chi connectivity index (χ3n) is 3.60. The lowest BCUT2D eigenvalue weighted by molar-refractivity contribution is -0.0706. The van der Waals surface area contributed by atoms with Crippen LogP contribution in [-0.4, -0.2) is 24.2 Å². The molecule has 0 saturated heterocycles. The Labute approximate surface area is 101 Å². The van der Waals surface area contributed by atoms with Crippen molar-refractivity contribution in [3.05, 3.63) is 16.1 Å². The van der Waals surface area contributed by atoms with Crippen LogP contribution in [0.5, 0.6) is 0 Å². The highest BCUT2D eigenvalue weighted by molar-refractivity contribution is 7.09. The maximum Gasteiger partial charge on any atom is 0.0802 e. The highest BCUT2D eigenvalue weighted by Gasteiger charge is 2.36. The predicted molar refractivity (Wildman–Crippen MR) is 66.9 cm³/mol. The zero-order valence-corrected chi connectivity index (χ0v) is 11.1. The monoisotopic (exact) mass is 240 g/mol. The molecule has 1 aromatic rings. The maximum absolute atomic E-state index is 5.60. The Bertz CT molecular complexity index is 341. The van der Waals surface area contributed by atoms with Crippen LogP contribution >= 0.6 is 11.3 Å². The standard InChI is InChI=1S/C12H20N2OS/c1-9(11-10(2)14-8-16-11)13-7-12(15-3)5-4-6-12/h8-9,13H,4-7H2,1-3H3. The Morgan fingerprint density at radius 2 is 2.38 bits per heavy atom. The fourth-order valence-electron chi connectivity index (χ4n) is 2.18. The summed E-state index contributed by atoms with van der Waals surface area (Å²) in [5.74, 6) is 0. The number of rotatable bonds is 5. The summed E-state index contributed by atoms with van der Waals surface area (Å²) >= 11 is 1.73. The van der Waals surface area contributed by atoms with E-state index in [1.807, 2.05) is 12.6 Å². The minimum Gasteiger partial charge on any atom is -0.377 e. The van der Waals surface area contributed by atoms with Crippen LogP contribution < -0.4 is 5.32 Å². The molecule has 1 N–H and O–H groups in total. The van der Waals surface area contributed by atoms with E-state index in [0.717, 1.165) is 12.2 Å². The van der Waals surface area contributed by atoms with Gasteiger partial charge in [0, 0.05) is 24.6 Å². The Morgan fingerprint density at radius 3 is 2.81 bits per heavy atom. The van der Waals surface area contributed by atoms with Crippen molar-refractivity contribution in [3.63, 3.8) is 0 Å². The zero-order valence-electron chi connectivity index (χ0n) is 10.2. The molecular formula is C12H20N2OS. The van der Waals surface area contributed by atoms with E-state index < -0.39 is 0 Å². The number of ether oxygens (including phenoxy) is 1. The summed E-state index contributed by atoms with van der Waals surface area (Å²) in [6.45, 7) is 5.21. The smallest absolute Gasteiger partial charge is 0.0802 e. The van der Waals surface area contributed by atoms with Crippen LogP contribution in [0.25, 0.3) is 0 Å². The van der Waals surface area contributed by atoms with Crippen molar-refractivity contribution in [3.8, 4) is 0 Å². The lowest BCUT2D eigenvalue weighted by Crippen LogP contribution is -2.48. The third kappa shape index (κ3) is 2.29. The molecular weight excluding hydrogens is 220 g/mol. The molecule has 1 atom stereocenters. The summed E-state index contributed by atoms with van der Waals surface area (Å²) in [4.78, 5) is 5.62. The number of methoxy groups -OCH3 is 1. The molecule has 4 heteroatoms. The summed E-state index contributed by atoms with van der Waals surface area (Å²) in [7, 11) is 1.82. The van der Waals surface area contributed by atoms with Gasteiger partial charge in [-0.3, -0.25) is 0 Å². The Morgan fingerprint density at radius 1 is 1.62 bits per heavy atom. The molecule has 1 heterocycles. The van der Waals surface area contributed by atoms with Crippen LogP contribution in [0.3, 0.4) is 0 Å². The number of hydrogen-bond donors (Lipinski definition) is 1. The quantitative estimate of drug-likeness (QED) is 0.859. The van der Waals surface area contributed by atoms with Crippen molar-refractivity contribution in [2.24, 2.45) is 0 Å². The van der Waals surface area contributed by atoms with Gasteiger partial charge in [-0.15, -0.1) is 11.3 Å². The minimum absolute atomic E-state index is 0.104. The average Bonchev–Trinajstić information content (AvgIpc) is 2.63. The van der Waals surface area contributed by atoms with Crippen LogP contribution in [-0.2, 0) is 4.74 Å². The van der Waals surface area contributed by atoms with Gasteiger partial charge in [-0.05, 0) is 33.1 Å². The molecule has 0 bridgehead atoms. The van der Waals surface area contributed by atoms with Gasteiger partial charge in [0.05, 0.1) is 16.8 Å². The molecule has 16 heavy (non-hydrogen) atoms. The fraction of sp³-hybridized carbons (Fsp3) is 0.750. The minimum atomic E-state index is 0.104. The molecule has 0 spiro atoms. The van der Waals surface area contributed by atoms with Crippen molar-refractivity contribution in [2.75, 3.05) is 13.7 Å². The third-order valence-corrected chi connectivity index (χ3v) is 4.72. The van der Waals surface area contributed by atoms with E-state index in [4.69, 9.17) is 4.74 Å². The van der Waals surface area contributed by atoms with Gasteiger partial charge in [-0.1, -0.05) is 0 Å². The van der Waals surface area contributed by atoms with E-state index in [9.17, 15) is 0 Å². The van der Waals surface area contributed by atoms with Gasteiger partial charge in [0.25, 0.3) is 0 Å².